The molecule has 0 spiro atoms. The Morgan fingerprint density at radius 3 is 2.87 bits per heavy atom. The standard InChI is InChI=1S/C12H14Br2O/c1-15-11-7-6-10(14)12-8(11)4-2-3-5-9(12)13/h6-7,9H,2-5H2,1H3. The predicted octanol–water partition coefficient (Wildman–Crippen LogP) is 4.62. The predicted molar refractivity (Wildman–Crippen MR) is 69.9 cm³/mol. The van der Waals surface area contributed by atoms with Crippen LogP contribution in [0.25, 0.3) is 0 Å². The Hall–Kier alpha value is -0.0200. The van der Waals surface area contributed by atoms with Gasteiger partial charge in [0.1, 0.15) is 5.75 Å². The summed E-state index contributed by atoms with van der Waals surface area (Å²) < 4.78 is 6.63. The summed E-state index contributed by atoms with van der Waals surface area (Å²) in [5.74, 6) is 1.03. The molecule has 0 saturated carbocycles. The molecule has 1 atom stereocenters. The van der Waals surface area contributed by atoms with Crippen molar-refractivity contribution < 1.29 is 4.74 Å². The van der Waals surface area contributed by atoms with E-state index in [0.717, 1.165) is 12.2 Å². The highest BCUT2D eigenvalue weighted by Crippen LogP contribution is 2.42. The van der Waals surface area contributed by atoms with Crippen molar-refractivity contribution in [1.29, 1.82) is 0 Å². The number of hydrogen-bond donors (Lipinski definition) is 0. The first-order valence-corrected chi connectivity index (χ1v) is 6.94. The van der Waals surface area contributed by atoms with E-state index in [4.69, 9.17) is 4.74 Å². The zero-order valence-electron chi connectivity index (χ0n) is 8.72. The van der Waals surface area contributed by atoms with Crippen LogP contribution in [0.15, 0.2) is 16.6 Å². The van der Waals surface area contributed by atoms with Crippen molar-refractivity contribution >= 4 is 31.9 Å². The van der Waals surface area contributed by atoms with Crippen molar-refractivity contribution in [3.8, 4) is 5.75 Å². The number of methoxy groups -OCH3 is 1. The molecule has 0 aromatic heterocycles. The molecule has 15 heavy (non-hydrogen) atoms. The Kier molecular flexibility index (Phi) is 3.73. The third-order valence-corrected chi connectivity index (χ3v) is 4.54. The van der Waals surface area contributed by atoms with E-state index in [0.29, 0.717) is 4.83 Å². The highest BCUT2D eigenvalue weighted by Gasteiger charge is 2.21. The first kappa shape index (κ1) is 11.5. The molecule has 1 aliphatic carbocycles. The van der Waals surface area contributed by atoms with Crippen LogP contribution in [0.2, 0.25) is 0 Å². The van der Waals surface area contributed by atoms with Crippen molar-refractivity contribution in [3.63, 3.8) is 0 Å². The van der Waals surface area contributed by atoms with E-state index >= 15 is 0 Å². The molecule has 0 radical (unpaired) electrons. The molecule has 0 aliphatic heterocycles. The van der Waals surface area contributed by atoms with Gasteiger partial charge in [-0.1, -0.05) is 38.3 Å². The zero-order chi connectivity index (χ0) is 10.8. The fourth-order valence-corrected chi connectivity index (χ4v) is 3.98. The van der Waals surface area contributed by atoms with Gasteiger partial charge in [0.25, 0.3) is 0 Å². The largest absolute Gasteiger partial charge is 0.496 e. The Labute approximate surface area is 107 Å². The lowest BCUT2D eigenvalue weighted by Gasteiger charge is -2.16. The van der Waals surface area contributed by atoms with Crippen LogP contribution in [-0.2, 0) is 6.42 Å². The SMILES string of the molecule is COc1ccc(Br)c2c1CCCCC2Br. The van der Waals surface area contributed by atoms with Gasteiger partial charge in [-0.15, -0.1) is 0 Å². The van der Waals surface area contributed by atoms with E-state index < -0.39 is 0 Å². The summed E-state index contributed by atoms with van der Waals surface area (Å²) in [6.07, 6.45) is 4.86. The Bertz CT molecular complexity index is 363. The van der Waals surface area contributed by atoms with Crippen molar-refractivity contribution in [3.05, 3.63) is 27.7 Å². The van der Waals surface area contributed by atoms with Gasteiger partial charge in [-0.25, -0.2) is 0 Å². The van der Waals surface area contributed by atoms with Gasteiger partial charge in [0.05, 0.1) is 7.11 Å². The van der Waals surface area contributed by atoms with E-state index in [2.05, 4.69) is 37.9 Å². The van der Waals surface area contributed by atoms with Crippen LogP contribution >= 0.6 is 31.9 Å². The number of rotatable bonds is 1. The van der Waals surface area contributed by atoms with E-state index in [1.165, 1.54) is 34.9 Å². The van der Waals surface area contributed by atoms with E-state index in [1.807, 2.05) is 6.07 Å². The minimum Gasteiger partial charge on any atom is -0.496 e. The molecule has 0 heterocycles. The van der Waals surface area contributed by atoms with Crippen LogP contribution < -0.4 is 4.74 Å². The molecule has 1 aromatic rings. The molecule has 0 amide bonds. The molecule has 0 N–H and O–H groups in total. The molecular weight excluding hydrogens is 320 g/mol. The number of halogens is 2. The second-order valence-electron chi connectivity index (χ2n) is 3.86. The lowest BCUT2D eigenvalue weighted by molar-refractivity contribution is 0.409. The summed E-state index contributed by atoms with van der Waals surface area (Å²) in [7, 11) is 1.75. The maximum Gasteiger partial charge on any atom is 0.122 e. The lowest BCUT2D eigenvalue weighted by Crippen LogP contribution is -1.98. The molecule has 82 valence electrons. The quantitative estimate of drug-likeness (QED) is 0.538. The van der Waals surface area contributed by atoms with Crippen LogP contribution in [0.1, 0.15) is 35.2 Å². The summed E-state index contributed by atoms with van der Waals surface area (Å²) >= 11 is 7.40. The number of benzene rings is 1. The van der Waals surface area contributed by atoms with Crippen LogP contribution in [0, 0.1) is 0 Å². The van der Waals surface area contributed by atoms with Gasteiger partial charge in [0.2, 0.25) is 0 Å². The first-order valence-electron chi connectivity index (χ1n) is 5.23. The first-order chi connectivity index (χ1) is 7.24. The molecule has 3 heteroatoms. The zero-order valence-corrected chi connectivity index (χ0v) is 11.9. The van der Waals surface area contributed by atoms with Crippen molar-refractivity contribution in [2.45, 2.75) is 30.5 Å². The number of hydrogen-bond acceptors (Lipinski definition) is 1. The maximum absolute atomic E-state index is 5.43. The second-order valence-corrected chi connectivity index (χ2v) is 5.81. The van der Waals surface area contributed by atoms with Gasteiger partial charge in [-0.2, -0.15) is 0 Å². The van der Waals surface area contributed by atoms with Crippen molar-refractivity contribution in [2.75, 3.05) is 7.11 Å². The van der Waals surface area contributed by atoms with Gasteiger partial charge in [-0.3, -0.25) is 0 Å². The average Bonchev–Trinajstić information content (AvgIpc) is 2.42. The fraction of sp³-hybridized carbons (Fsp3) is 0.500. The molecule has 0 fully saturated rings. The van der Waals surface area contributed by atoms with Crippen molar-refractivity contribution in [1.82, 2.24) is 0 Å². The van der Waals surface area contributed by atoms with Crippen LogP contribution in [-0.4, -0.2) is 7.11 Å². The topological polar surface area (TPSA) is 9.23 Å². The van der Waals surface area contributed by atoms with Crippen molar-refractivity contribution in [2.24, 2.45) is 0 Å². The molecular formula is C12H14Br2O. The third kappa shape index (κ3) is 2.23. The van der Waals surface area contributed by atoms with Gasteiger partial charge < -0.3 is 4.74 Å². The lowest BCUT2D eigenvalue weighted by atomic mass is 10.0. The normalized spacial score (nSPS) is 20.6. The minimum absolute atomic E-state index is 0.458. The number of fused-ring (bicyclic) bond motifs is 1. The molecule has 0 bridgehead atoms. The third-order valence-electron chi connectivity index (χ3n) is 2.93. The highest BCUT2D eigenvalue weighted by molar-refractivity contribution is 9.11. The molecule has 1 aromatic carbocycles. The number of alkyl halides is 1. The smallest absolute Gasteiger partial charge is 0.122 e. The van der Waals surface area contributed by atoms with Crippen LogP contribution in [0.3, 0.4) is 0 Å². The van der Waals surface area contributed by atoms with Gasteiger partial charge in [0, 0.05) is 9.30 Å². The Balaban J connectivity index is 2.55. The van der Waals surface area contributed by atoms with Gasteiger partial charge >= 0.3 is 0 Å². The Morgan fingerprint density at radius 2 is 2.13 bits per heavy atom. The molecule has 1 unspecified atom stereocenters. The van der Waals surface area contributed by atoms with E-state index in [-0.39, 0.29) is 0 Å². The van der Waals surface area contributed by atoms with Crippen LogP contribution in [0.4, 0.5) is 0 Å². The fourth-order valence-electron chi connectivity index (χ4n) is 2.17. The van der Waals surface area contributed by atoms with Crippen LogP contribution in [0.5, 0.6) is 5.75 Å². The second kappa shape index (κ2) is 4.88. The number of ether oxygens (including phenoxy) is 1. The van der Waals surface area contributed by atoms with Gasteiger partial charge in [-0.05, 0) is 42.5 Å². The summed E-state index contributed by atoms with van der Waals surface area (Å²) in [6.45, 7) is 0. The monoisotopic (exact) mass is 332 g/mol. The Morgan fingerprint density at radius 1 is 1.33 bits per heavy atom. The summed E-state index contributed by atoms with van der Waals surface area (Å²) in [4.78, 5) is 0.458. The molecule has 2 rings (SSSR count). The average molecular weight is 334 g/mol. The maximum atomic E-state index is 5.43. The van der Waals surface area contributed by atoms with E-state index in [1.54, 1.807) is 7.11 Å². The summed E-state index contributed by atoms with van der Waals surface area (Å²) in [5.41, 5.74) is 2.75. The summed E-state index contributed by atoms with van der Waals surface area (Å²) in [5, 5.41) is 0. The van der Waals surface area contributed by atoms with E-state index in [9.17, 15) is 0 Å². The summed E-state index contributed by atoms with van der Waals surface area (Å²) in [6, 6.07) is 4.13. The molecule has 0 saturated heterocycles. The van der Waals surface area contributed by atoms with Gasteiger partial charge in [0.15, 0.2) is 0 Å². The molecule has 1 nitrogen and oxygen atoms in total. The highest BCUT2D eigenvalue weighted by atomic mass is 79.9. The molecule has 1 aliphatic rings. The minimum atomic E-state index is 0.458.